The molecule has 104 valence electrons. The van der Waals surface area contributed by atoms with Crippen LogP contribution in [0.15, 0.2) is 6.20 Å². The first-order valence-electron chi connectivity index (χ1n) is 6.46. The van der Waals surface area contributed by atoms with Crippen LogP contribution in [-0.2, 0) is 0 Å². The van der Waals surface area contributed by atoms with Crippen LogP contribution in [0.5, 0.6) is 0 Å². The second-order valence-corrected chi connectivity index (χ2v) is 5.35. The Hall–Kier alpha value is -1.92. The molecular weight excluding hydrogens is 246 g/mol. The zero-order chi connectivity index (χ0) is 14.0. The van der Waals surface area contributed by atoms with Gasteiger partial charge in [0.15, 0.2) is 0 Å². The monoisotopic (exact) mass is 265 g/mol. The van der Waals surface area contributed by atoms with E-state index in [1.54, 1.807) is 0 Å². The van der Waals surface area contributed by atoms with E-state index in [2.05, 4.69) is 29.1 Å². The number of anilines is 2. The number of hydrogen-bond acceptors (Lipinski definition) is 6. The highest BCUT2D eigenvalue weighted by molar-refractivity contribution is 5.58. The summed E-state index contributed by atoms with van der Waals surface area (Å²) >= 11 is 0. The van der Waals surface area contributed by atoms with Crippen LogP contribution in [0.2, 0.25) is 0 Å². The lowest BCUT2D eigenvalue weighted by Gasteiger charge is -2.19. The van der Waals surface area contributed by atoms with Crippen molar-refractivity contribution in [2.45, 2.75) is 32.7 Å². The molecule has 1 aliphatic rings. The van der Waals surface area contributed by atoms with E-state index in [-0.39, 0.29) is 5.69 Å². The van der Waals surface area contributed by atoms with Gasteiger partial charge in [-0.25, -0.2) is 4.98 Å². The molecule has 1 saturated carbocycles. The van der Waals surface area contributed by atoms with Crippen LogP contribution >= 0.6 is 0 Å². The lowest BCUT2D eigenvalue weighted by atomic mass is 10.2. The van der Waals surface area contributed by atoms with Gasteiger partial charge in [0.2, 0.25) is 11.8 Å². The Balaban J connectivity index is 2.23. The summed E-state index contributed by atoms with van der Waals surface area (Å²) in [5, 5.41) is 14.0. The summed E-state index contributed by atoms with van der Waals surface area (Å²) in [6.07, 6.45) is 3.36. The van der Waals surface area contributed by atoms with E-state index in [1.165, 1.54) is 6.20 Å². The Morgan fingerprint density at radius 3 is 2.79 bits per heavy atom. The van der Waals surface area contributed by atoms with E-state index in [9.17, 15) is 10.1 Å². The Morgan fingerprint density at radius 2 is 2.26 bits per heavy atom. The molecule has 0 aromatic carbocycles. The van der Waals surface area contributed by atoms with Crippen LogP contribution in [-0.4, -0.2) is 34.5 Å². The molecule has 1 aromatic rings. The van der Waals surface area contributed by atoms with Crippen molar-refractivity contribution in [3.63, 3.8) is 0 Å². The van der Waals surface area contributed by atoms with Crippen molar-refractivity contribution in [3.05, 3.63) is 16.3 Å². The lowest BCUT2D eigenvalue weighted by Crippen LogP contribution is -2.25. The molecule has 1 N–H and O–H groups in total. The molecular formula is C12H19N5O2. The maximum absolute atomic E-state index is 11.0. The zero-order valence-electron chi connectivity index (χ0n) is 11.5. The molecule has 0 amide bonds. The number of nitrogens with zero attached hydrogens (tertiary/aromatic N) is 4. The van der Waals surface area contributed by atoms with Crippen molar-refractivity contribution in [3.8, 4) is 0 Å². The molecule has 0 unspecified atom stereocenters. The van der Waals surface area contributed by atoms with Crippen LogP contribution in [0.4, 0.5) is 17.5 Å². The molecule has 7 nitrogen and oxygen atoms in total. The minimum Gasteiger partial charge on any atom is -0.361 e. The third-order valence-corrected chi connectivity index (χ3v) is 2.85. The van der Waals surface area contributed by atoms with Gasteiger partial charge in [-0.3, -0.25) is 10.1 Å². The van der Waals surface area contributed by atoms with Crippen molar-refractivity contribution in [2.75, 3.05) is 23.8 Å². The van der Waals surface area contributed by atoms with Crippen LogP contribution in [0.1, 0.15) is 26.7 Å². The molecule has 19 heavy (non-hydrogen) atoms. The van der Waals surface area contributed by atoms with Crippen molar-refractivity contribution >= 4 is 17.5 Å². The highest BCUT2D eigenvalue weighted by Crippen LogP contribution is 2.29. The molecule has 1 aromatic heterocycles. The molecule has 0 aliphatic heterocycles. The molecule has 1 fully saturated rings. The van der Waals surface area contributed by atoms with Crippen molar-refractivity contribution in [1.29, 1.82) is 0 Å². The lowest BCUT2D eigenvalue weighted by molar-refractivity contribution is -0.384. The van der Waals surface area contributed by atoms with E-state index in [0.29, 0.717) is 23.7 Å². The predicted molar refractivity (Wildman–Crippen MR) is 73.4 cm³/mol. The summed E-state index contributed by atoms with van der Waals surface area (Å²) in [6, 6.07) is 0.317. The Bertz CT molecular complexity index is 473. The highest BCUT2D eigenvalue weighted by Gasteiger charge is 2.27. The summed E-state index contributed by atoms with van der Waals surface area (Å²) < 4.78 is 0. The summed E-state index contributed by atoms with van der Waals surface area (Å²) in [5.74, 6) is 1.32. The van der Waals surface area contributed by atoms with Gasteiger partial charge in [0, 0.05) is 19.6 Å². The van der Waals surface area contributed by atoms with Gasteiger partial charge in [0.05, 0.1) is 4.92 Å². The Kier molecular flexibility index (Phi) is 3.82. The summed E-state index contributed by atoms with van der Waals surface area (Å²) in [6.45, 7) is 5.01. The Labute approximate surface area is 112 Å². The molecule has 7 heteroatoms. The van der Waals surface area contributed by atoms with Crippen LogP contribution in [0, 0.1) is 16.0 Å². The average molecular weight is 265 g/mol. The van der Waals surface area contributed by atoms with Crippen molar-refractivity contribution in [2.24, 2.45) is 5.92 Å². The van der Waals surface area contributed by atoms with Gasteiger partial charge >= 0.3 is 5.69 Å². The van der Waals surface area contributed by atoms with Gasteiger partial charge in [-0.1, -0.05) is 13.8 Å². The van der Waals surface area contributed by atoms with Gasteiger partial charge in [0.25, 0.3) is 0 Å². The maximum atomic E-state index is 11.0. The SMILES string of the molecule is CC(C)CN(C)c1ncc([N+](=O)[O-])c(NC2CC2)n1. The second-order valence-electron chi connectivity index (χ2n) is 5.35. The second kappa shape index (κ2) is 5.38. The van der Waals surface area contributed by atoms with Gasteiger partial charge in [-0.05, 0) is 18.8 Å². The first kappa shape index (κ1) is 13.5. The van der Waals surface area contributed by atoms with Crippen LogP contribution < -0.4 is 10.2 Å². The summed E-state index contributed by atoms with van der Waals surface area (Å²) in [4.78, 5) is 20.8. The quantitative estimate of drug-likeness (QED) is 0.626. The van der Waals surface area contributed by atoms with Crippen LogP contribution in [0.3, 0.4) is 0 Å². The minimum atomic E-state index is -0.447. The zero-order valence-corrected chi connectivity index (χ0v) is 11.5. The normalized spacial score (nSPS) is 14.5. The predicted octanol–water partition coefficient (Wildman–Crippen LogP) is 2.05. The van der Waals surface area contributed by atoms with Gasteiger partial charge in [-0.15, -0.1) is 0 Å². The van der Waals surface area contributed by atoms with Crippen LogP contribution in [0.25, 0.3) is 0 Å². The minimum absolute atomic E-state index is 0.0615. The van der Waals surface area contributed by atoms with Gasteiger partial charge < -0.3 is 10.2 Å². The largest absolute Gasteiger partial charge is 0.361 e. The van der Waals surface area contributed by atoms with E-state index in [4.69, 9.17) is 0 Å². The number of nitrogens with one attached hydrogen (secondary N) is 1. The third kappa shape index (κ3) is 3.52. The topological polar surface area (TPSA) is 84.2 Å². The number of aromatic nitrogens is 2. The van der Waals surface area contributed by atoms with Gasteiger partial charge in [0.1, 0.15) is 6.20 Å². The molecule has 1 heterocycles. The first-order chi connectivity index (χ1) is 8.97. The fourth-order valence-electron chi connectivity index (χ4n) is 1.84. The fraction of sp³-hybridized carbons (Fsp3) is 0.667. The molecule has 0 saturated heterocycles. The molecule has 0 bridgehead atoms. The molecule has 0 spiro atoms. The average Bonchev–Trinajstić information content (AvgIpc) is 3.11. The van der Waals surface area contributed by atoms with E-state index < -0.39 is 4.92 Å². The standard InChI is InChI=1S/C12H19N5O2/c1-8(2)7-16(3)12-13-6-10(17(18)19)11(15-12)14-9-4-5-9/h6,8-9H,4-5,7H2,1-3H3,(H,13,14,15). The van der Waals surface area contributed by atoms with Crippen molar-refractivity contribution < 1.29 is 4.92 Å². The smallest absolute Gasteiger partial charge is 0.329 e. The molecule has 0 radical (unpaired) electrons. The van der Waals surface area contributed by atoms with E-state index in [1.807, 2.05) is 11.9 Å². The van der Waals surface area contributed by atoms with E-state index in [0.717, 1.165) is 19.4 Å². The fourth-order valence-corrected chi connectivity index (χ4v) is 1.84. The summed E-state index contributed by atoms with van der Waals surface area (Å²) in [7, 11) is 1.89. The number of nitro groups is 1. The Morgan fingerprint density at radius 1 is 1.58 bits per heavy atom. The van der Waals surface area contributed by atoms with E-state index >= 15 is 0 Å². The molecule has 2 rings (SSSR count). The van der Waals surface area contributed by atoms with Crippen molar-refractivity contribution in [1.82, 2.24) is 9.97 Å². The molecule has 0 atom stereocenters. The molecule has 1 aliphatic carbocycles. The maximum Gasteiger partial charge on any atom is 0.329 e. The summed E-state index contributed by atoms with van der Waals surface area (Å²) in [5.41, 5.74) is -0.0615. The third-order valence-electron chi connectivity index (χ3n) is 2.85. The first-order valence-corrected chi connectivity index (χ1v) is 6.46. The number of rotatable bonds is 6. The highest BCUT2D eigenvalue weighted by atomic mass is 16.6. The number of hydrogen-bond donors (Lipinski definition) is 1. The van der Waals surface area contributed by atoms with Gasteiger partial charge in [-0.2, -0.15) is 4.98 Å².